The molecule has 1 aromatic heterocycles. The average Bonchev–Trinajstić information content (AvgIpc) is 3.44. The van der Waals surface area contributed by atoms with Gasteiger partial charge in [-0.2, -0.15) is 10.1 Å². The Hall–Kier alpha value is -4.46. The van der Waals surface area contributed by atoms with Gasteiger partial charge in [-0.1, -0.05) is 45.5 Å². The second kappa shape index (κ2) is 11.7. The number of aryl methyl sites for hydroxylation is 1. The van der Waals surface area contributed by atoms with E-state index in [1.807, 2.05) is 36.4 Å². The molecule has 0 aliphatic carbocycles. The Morgan fingerprint density at radius 1 is 1.05 bits per heavy atom. The standard InChI is InChI=1S/C30H22BrN5O5S2/c31-23-11-16-26-28(18-23)42-30(33-26)35(32-19-20-7-12-24(13-8-20)36(38)39)29(37)22-9-14-25(15-10-22)43(40,41)34-17-3-5-21-4-1-2-6-27(21)34/h1-2,4,6-16,18-19H,3,5,17H2/b32-19+. The van der Waals surface area contributed by atoms with Gasteiger partial charge in [0.1, 0.15) is 0 Å². The van der Waals surface area contributed by atoms with Gasteiger partial charge in [-0.3, -0.25) is 19.2 Å². The number of thiazole rings is 1. The van der Waals surface area contributed by atoms with Gasteiger partial charge in [-0.25, -0.2) is 13.4 Å². The summed E-state index contributed by atoms with van der Waals surface area (Å²) in [5, 5.41) is 16.9. The van der Waals surface area contributed by atoms with Crippen LogP contribution in [0.1, 0.15) is 27.9 Å². The van der Waals surface area contributed by atoms with Crippen LogP contribution in [0.25, 0.3) is 10.2 Å². The molecule has 0 saturated carbocycles. The minimum absolute atomic E-state index is 0.0649. The highest BCUT2D eigenvalue weighted by Crippen LogP contribution is 2.34. The molecule has 10 nitrogen and oxygen atoms in total. The van der Waals surface area contributed by atoms with Crippen LogP contribution < -0.4 is 9.31 Å². The number of para-hydroxylation sites is 1. The van der Waals surface area contributed by atoms with Crippen LogP contribution in [-0.2, 0) is 16.4 Å². The Balaban J connectivity index is 1.33. The summed E-state index contributed by atoms with van der Waals surface area (Å²) < 4.78 is 30.3. The predicted octanol–water partition coefficient (Wildman–Crippen LogP) is 6.79. The van der Waals surface area contributed by atoms with Crippen molar-refractivity contribution in [1.29, 1.82) is 0 Å². The topological polar surface area (TPSA) is 126 Å². The Kier molecular flexibility index (Phi) is 7.77. The number of rotatable bonds is 7. The van der Waals surface area contributed by atoms with E-state index >= 15 is 0 Å². The van der Waals surface area contributed by atoms with Crippen molar-refractivity contribution in [3.05, 3.63) is 122 Å². The summed E-state index contributed by atoms with van der Waals surface area (Å²) in [5.41, 5.74) is 3.01. The minimum atomic E-state index is -3.85. The molecule has 2 heterocycles. The monoisotopic (exact) mass is 675 g/mol. The maximum absolute atomic E-state index is 13.8. The number of benzene rings is 4. The molecular weight excluding hydrogens is 654 g/mol. The summed E-state index contributed by atoms with van der Waals surface area (Å²) in [5.74, 6) is -0.524. The van der Waals surface area contributed by atoms with E-state index in [0.29, 0.717) is 34.9 Å². The number of nitrogens with zero attached hydrogens (tertiary/aromatic N) is 5. The summed E-state index contributed by atoms with van der Waals surface area (Å²) >= 11 is 4.71. The maximum atomic E-state index is 13.8. The number of anilines is 2. The summed E-state index contributed by atoms with van der Waals surface area (Å²) in [4.78, 5) is 29.0. The SMILES string of the molecule is O=C(c1ccc(S(=O)(=O)N2CCCc3ccccc32)cc1)N(/N=C/c1ccc([N+](=O)[O-])cc1)c1nc2ccc(Br)cc2s1. The molecule has 0 saturated heterocycles. The normalized spacial score (nSPS) is 13.3. The van der Waals surface area contributed by atoms with Gasteiger partial charge < -0.3 is 0 Å². The van der Waals surface area contributed by atoms with Crippen molar-refractivity contribution < 1.29 is 18.1 Å². The number of halogens is 1. The molecule has 1 amide bonds. The zero-order valence-electron chi connectivity index (χ0n) is 22.3. The van der Waals surface area contributed by atoms with Crippen LogP contribution in [0, 0.1) is 10.1 Å². The molecule has 6 rings (SSSR count). The van der Waals surface area contributed by atoms with Gasteiger partial charge in [0.25, 0.3) is 21.6 Å². The van der Waals surface area contributed by atoms with E-state index in [1.54, 1.807) is 6.07 Å². The van der Waals surface area contributed by atoms with E-state index in [9.17, 15) is 23.3 Å². The van der Waals surface area contributed by atoms with Gasteiger partial charge in [0, 0.05) is 28.7 Å². The lowest BCUT2D eigenvalue weighted by Gasteiger charge is -2.30. The highest BCUT2D eigenvalue weighted by molar-refractivity contribution is 9.10. The lowest BCUT2D eigenvalue weighted by atomic mass is 10.0. The van der Waals surface area contributed by atoms with Crippen molar-refractivity contribution in [2.45, 2.75) is 17.7 Å². The number of hydrogen-bond donors (Lipinski definition) is 0. The van der Waals surface area contributed by atoms with Crippen LogP contribution in [0.5, 0.6) is 0 Å². The first-order valence-electron chi connectivity index (χ1n) is 13.1. The van der Waals surface area contributed by atoms with Crippen molar-refractivity contribution in [3.8, 4) is 0 Å². The predicted molar refractivity (Wildman–Crippen MR) is 171 cm³/mol. The summed E-state index contributed by atoms with van der Waals surface area (Å²) in [6.45, 7) is 0.374. The molecule has 0 atom stereocenters. The van der Waals surface area contributed by atoms with Crippen molar-refractivity contribution in [3.63, 3.8) is 0 Å². The van der Waals surface area contributed by atoms with Crippen LogP contribution >= 0.6 is 27.3 Å². The number of sulfonamides is 1. The Morgan fingerprint density at radius 3 is 2.53 bits per heavy atom. The second-order valence-corrected chi connectivity index (χ2v) is 13.4. The summed E-state index contributed by atoms with van der Waals surface area (Å²) in [7, 11) is -3.85. The third-order valence-corrected chi connectivity index (χ3v) is 10.2. The molecule has 1 aliphatic heterocycles. The zero-order valence-corrected chi connectivity index (χ0v) is 25.5. The van der Waals surface area contributed by atoms with Gasteiger partial charge in [0.15, 0.2) is 0 Å². The largest absolute Gasteiger partial charge is 0.280 e. The fraction of sp³-hybridized carbons (Fsp3) is 0.100. The number of carbonyl (C=O) groups is 1. The Labute approximate surface area is 259 Å². The Bertz CT molecular complexity index is 1990. The van der Waals surface area contributed by atoms with Crippen LogP contribution in [0.3, 0.4) is 0 Å². The molecular formula is C30H22BrN5O5S2. The molecule has 1 aliphatic rings. The average molecular weight is 677 g/mol. The number of nitro groups is 1. The minimum Gasteiger partial charge on any atom is -0.267 e. The molecule has 0 bridgehead atoms. The first kappa shape index (κ1) is 28.6. The van der Waals surface area contributed by atoms with E-state index in [0.717, 1.165) is 26.2 Å². The number of non-ortho nitro benzene ring substituents is 1. The number of amides is 1. The summed E-state index contributed by atoms with van der Waals surface area (Å²) in [6, 6.07) is 24.5. The maximum Gasteiger partial charge on any atom is 0.280 e. The number of hydrogen-bond acceptors (Lipinski definition) is 8. The molecule has 13 heteroatoms. The highest BCUT2D eigenvalue weighted by Gasteiger charge is 2.29. The molecule has 216 valence electrons. The first-order chi connectivity index (χ1) is 20.7. The third-order valence-electron chi connectivity index (χ3n) is 6.90. The molecule has 0 unspecified atom stereocenters. The smallest absolute Gasteiger partial charge is 0.267 e. The van der Waals surface area contributed by atoms with E-state index in [-0.39, 0.29) is 16.1 Å². The summed E-state index contributed by atoms with van der Waals surface area (Å²) in [6.07, 6.45) is 2.94. The molecule has 0 N–H and O–H groups in total. The Morgan fingerprint density at radius 2 is 1.79 bits per heavy atom. The molecule has 43 heavy (non-hydrogen) atoms. The van der Waals surface area contributed by atoms with Crippen LogP contribution in [0.15, 0.2) is 105 Å². The van der Waals surface area contributed by atoms with Crippen molar-refractivity contribution in [2.24, 2.45) is 5.10 Å². The lowest BCUT2D eigenvalue weighted by Crippen LogP contribution is -2.35. The molecule has 4 aromatic carbocycles. The first-order valence-corrected chi connectivity index (χ1v) is 16.2. The van der Waals surface area contributed by atoms with Gasteiger partial charge in [-0.15, -0.1) is 0 Å². The van der Waals surface area contributed by atoms with Crippen LogP contribution in [0.4, 0.5) is 16.5 Å². The molecule has 0 spiro atoms. The van der Waals surface area contributed by atoms with Crippen molar-refractivity contribution in [1.82, 2.24) is 4.98 Å². The highest BCUT2D eigenvalue weighted by atomic mass is 79.9. The fourth-order valence-corrected chi connectivity index (χ4v) is 7.75. The zero-order chi connectivity index (χ0) is 30.1. The molecule has 0 radical (unpaired) electrons. The quantitative estimate of drug-likeness (QED) is 0.106. The van der Waals surface area contributed by atoms with Gasteiger partial charge >= 0.3 is 0 Å². The fourth-order valence-electron chi connectivity index (χ4n) is 4.74. The van der Waals surface area contributed by atoms with E-state index < -0.39 is 20.9 Å². The number of nitro benzene ring substituents is 1. The number of fused-ring (bicyclic) bond motifs is 2. The number of hydrazone groups is 1. The van der Waals surface area contributed by atoms with Gasteiger partial charge in [0.05, 0.1) is 31.9 Å². The van der Waals surface area contributed by atoms with Crippen LogP contribution in [0.2, 0.25) is 0 Å². The van der Waals surface area contributed by atoms with E-state index in [2.05, 4.69) is 26.0 Å². The van der Waals surface area contributed by atoms with Gasteiger partial charge in [0.2, 0.25) is 5.13 Å². The lowest BCUT2D eigenvalue weighted by molar-refractivity contribution is -0.384. The number of carbonyl (C=O) groups excluding carboxylic acids is 1. The van der Waals surface area contributed by atoms with E-state index in [1.165, 1.54) is 70.4 Å². The third kappa shape index (κ3) is 5.78. The van der Waals surface area contributed by atoms with Gasteiger partial charge in [-0.05, 0) is 84.6 Å². The van der Waals surface area contributed by atoms with Crippen LogP contribution in [-0.4, -0.2) is 37.0 Å². The number of aromatic nitrogens is 1. The van der Waals surface area contributed by atoms with E-state index in [4.69, 9.17) is 0 Å². The second-order valence-electron chi connectivity index (χ2n) is 9.65. The molecule has 0 fully saturated rings. The van der Waals surface area contributed by atoms with Crippen molar-refractivity contribution >= 4 is 76.1 Å². The van der Waals surface area contributed by atoms with Crippen molar-refractivity contribution in [2.75, 3.05) is 15.9 Å². The molecule has 5 aromatic rings.